The molecular weight excluding hydrogens is 348 g/mol. The van der Waals surface area contributed by atoms with Crippen LogP contribution >= 0.6 is 0 Å². The number of carbonyl (C=O) groups is 1. The molecule has 0 aliphatic rings. The Hall–Kier alpha value is -3.42. The monoisotopic (exact) mass is 368 g/mol. The van der Waals surface area contributed by atoms with Crippen LogP contribution in [0, 0.1) is 0 Å². The van der Waals surface area contributed by atoms with Gasteiger partial charge in [-0.25, -0.2) is 4.68 Å². The second kappa shape index (κ2) is 8.31. The quantitative estimate of drug-likeness (QED) is 0.687. The van der Waals surface area contributed by atoms with Gasteiger partial charge in [0.1, 0.15) is 17.0 Å². The molecule has 27 heavy (non-hydrogen) atoms. The molecule has 0 radical (unpaired) electrons. The molecule has 0 aliphatic heterocycles. The molecule has 0 bridgehead atoms. The number of nitrogens with zero attached hydrogens (tertiary/aromatic N) is 3. The summed E-state index contributed by atoms with van der Waals surface area (Å²) in [7, 11) is 3.08. The number of benzene rings is 2. The molecule has 0 unspecified atom stereocenters. The fourth-order valence-corrected chi connectivity index (χ4v) is 2.67. The maximum absolute atomic E-state index is 12.4. The lowest BCUT2D eigenvalue weighted by Gasteiger charge is -2.11. The van der Waals surface area contributed by atoms with Crippen LogP contribution < -0.4 is 20.3 Å². The number of nitrogens with one attached hydrogen (secondary N) is 1. The molecule has 140 valence electrons. The van der Waals surface area contributed by atoms with Crippen LogP contribution in [0.5, 0.6) is 11.5 Å². The Morgan fingerprint density at radius 1 is 1.15 bits per heavy atom. The van der Waals surface area contributed by atoms with Gasteiger partial charge in [-0.1, -0.05) is 17.3 Å². The molecule has 1 aromatic heterocycles. The number of fused-ring (bicyclic) bond motifs is 1. The smallest absolute Gasteiger partial charge is 0.277 e. The van der Waals surface area contributed by atoms with Crippen LogP contribution in [-0.4, -0.2) is 35.1 Å². The van der Waals surface area contributed by atoms with E-state index in [9.17, 15) is 9.59 Å². The van der Waals surface area contributed by atoms with E-state index in [0.29, 0.717) is 41.1 Å². The lowest BCUT2D eigenvalue weighted by molar-refractivity contribution is -0.116. The first-order valence-corrected chi connectivity index (χ1v) is 8.47. The molecule has 3 aromatic rings. The molecule has 1 amide bonds. The van der Waals surface area contributed by atoms with Gasteiger partial charge < -0.3 is 14.8 Å². The van der Waals surface area contributed by atoms with Crippen LogP contribution in [0.15, 0.2) is 47.3 Å². The molecule has 3 rings (SSSR count). The fraction of sp³-hybridized carbons (Fsp3) is 0.263. The van der Waals surface area contributed by atoms with Crippen molar-refractivity contribution in [2.75, 3.05) is 19.5 Å². The van der Waals surface area contributed by atoms with Crippen molar-refractivity contribution in [3.63, 3.8) is 0 Å². The summed E-state index contributed by atoms with van der Waals surface area (Å²) in [5.41, 5.74) is 0.909. The van der Waals surface area contributed by atoms with E-state index in [0.717, 1.165) is 0 Å². The van der Waals surface area contributed by atoms with Crippen molar-refractivity contribution in [3.05, 3.63) is 52.8 Å². The molecule has 1 heterocycles. The Kier molecular flexibility index (Phi) is 5.65. The zero-order chi connectivity index (χ0) is 19.2. The number of rotatable bonds is 7. The number of amides is 1. The third kappa shape index (κ3) is 4.22. The Labute approximate surface area is 155 Å². The Morgan fingerprint density at radius 2 is 1.96 bits per heavy atom. The highest BCUT2D eigenvalue weighted by Gasteiger charge is 2.10. The molecule has 0 atom stereocenters. The van der Waals surface area contributed by atoms with E-state index in [1.807, 2.05) is 0 Å². The van der Waals surface area contributed by atoms with E-state index in [1.165, 1.54) is 11.8 Å². The normalized spacial score (nSPS) is 10.6. The lowest BCUT2D eigenvalue weighted by Crippen LogP contribution is -2.25. The third-order valence-electron chi connectivity index (χ3n) is 4.09. The Morgan fingerprint density at radius 3 is 2.74 bits per heavy atom. The van der Waals surface area contributed by atoms with Crippen LogP contribution in [0.3, 0.4) is 0 Å². The summed E-state index contributed by atoms with van der Waals surface area (Å²) in [5, 5.41) is 11.3. The van der Waals surface area contributed by atoms with E-state index < -0.39 is 0 Å². The van der Waals surface area contributed by atoms with Crippen LogP contribution in [0.25, 0.3) is 10.9 Å². The van der Waals surface area contributed by atoms with Crippen LogP contribution in [0.4, 0.5) is 5.69 Å². The number of aryl methyl sites for hydroxylation is 1. The van der Waals surface area contributed by atoms with Gasteiger partial charge in [-0.2, -0.15) is 0 Å². The van der Waals surface area contributed by atoms with Gasteiger partial charge in [-0.3, -0.25) is 9.59 Å². The SMILES string of the molecule is COc1ccc(NC(=O)CCCn2nnc3ccccc3c2=O)c(OC)c1. The summed E-state index contributed by atoms with van der Waals surface area (Å²) in [6.45, 7) is 0.309. The number of hydrogen-bond acceptors (Lipinski definition) is 6. The summed E-state index contributed by atoms with van der Waals surface area (Å²) in [5.74, 6) is 0.971. The Balaban J connectivity index is 1.60. The first kappa shape index (κ1) is 18.4. The van der Waals surface area contributed by atoms with Gasteiger partial charge >= 0.3 is 0 Å². The summed E-state index contributed by atoms with van der Waals surface area (Å²) >= 11 is 0. The van der Waals surface area contributed by atoms with E-state index in [1.54, 1.807) is 49.6 Å². The van der Waals surface area contributed by atoms with Crippen LogP contribution in [0.2, 0.25) is 0 Å². The standard InChI is InChI=1S/C19H20N4O4/c1-26-13-9-10-16(17(12-13)27-2)20-18(24)8-5-11-23-19(25)14-6-3-4-7-15(14)21-22-23/h3-4,6-7,9-10,12H,5,8,11H2,1-2H3,(H,20,24). The lowest BCUT2D eigenvalue weighted by atomic mass is 10.2. The molecule has 8 heteroatoms. The van der Waals surface area contributed by atoms with Crippen LogP contribution in [-0.2, 0) is 11.3 Å². The number of methoxy groups -OCH3 is 2. The highest BCUT2D eigenvalue weighted by atomic mass is 16.5. The van der Waals surface area contributed by atoms with Gasteiger partial charge in [-0.15, -0.1) is 5.10 Å². The molecular formula is C19H20N4O4. The number of anilines is 1. The van der Waals surface area contributed by atoms with Crippen molar-refractivity contribution < 1.29 is 14.3 Å². The predicted molar refractivity (Wildman–Crippen MR) is 101 cm³/mol. The summed E-state index contributed by atoms with van der Waals surface area (Å²) in [6, 6.07) is 12.2. The highest BCUT2D eigenvalue weighted by molar-refractivity contribution is 5.92. The highest BCUT2D eigenvalue weighted by Crippen LogP contribution is 2.29. The average molecular weight is 368 g/mol. The van der Waals surface area contributed by atoms with Crippen LogP contribution in [0.1, 0.15) is 12.8 Å². The summed E-state index contributed by atoms with van der Waals surface area (Å²) < 4.78 is 11.7. The number of hydrogen-bond donors (Lipinski definition) is 1. The van der Waals surface area contributed by atoms with E-state index >= 15 is 0 Å². The molecule has 0 saturated carbocycles. The van der Waals surface area contributed by atoms with Gasteiger partial charge in [-0.05, 0) is 30.7 Å². The van der Waals surface area contributed by atoms with Gasteiger partial charge in [0.2, 0.25) is 5.91 Å². The van der Waals surface area contributed by atoms with Gasteiger partial charge in [0.15, 0.2) is 0 Å². The van der Waals surface area contributed by atoms with E-state index in [4.69, 9.17) is 9.47 Å². The van der Waals surface area contributed by atoms with Crippen molar-refractivity contribution in [1.82, 2.24) is 15.0 Å². The molecule has 1 N–H and O–H groups in total. The zero-order valence-electron chi connectivity index (χ0n) is 15.1. The van der Waals surface area contributed by atoms with Crippen molar-refractivity contribution in [3.8, 4) is 11.5 Å². The number of carbonyl (C=O) groups excluding carboxylic acids is 1. The van der Waals surface area contributed by atoms with Crippen molar-refractivity contribution in [2.45, 2.75) is 19.4 Å². The van der Waals surface area contributed by atoms with E-state index in [-0.39, 0.29) is 17.9 Å². The summed E-state index contributed by atoms with van der Waals surface area (Å²) in [4.78, 5) is 24.6. The van der Waals surface area contributed by atoms with Crippen molar-refractivity contribution in [1.29, 1.82) is 0 Å². The number of aromatic nitrogens is 3. The minimum absolute atomic E-state index is 0.180. The predicted octanol–water partition coefficient (Wildman–Crippen LogP) is 2.23. The van der Waals surface area contributed by atoms with Gasteiger partial charge in [0, 0.05) is 19.0 Å². The molecule has 8 nitrogen and oxygen atoms in total. The maximum atomic E-state index is 12.4. The minimum Gasteiger partial charge on any atom is -0.497 e. The largest absolute Gasteiger partial charge is 0.497 e. The zero-order valence-corrected chi connectivity index (χ0v) is 15.1. The number of ether oxygens (including phenoxy) is 2. The fourth-order valence-electron chi connectivity index (χ4n) is 2.67. The third-order valence-corrected chi connectivity index (χ3v) is 4.09. The molecule has 0 spiro atoms. The molecule has 0 saturated heterocycles. The molecule has 0 fully saturated rings. The van der Waals surface area contributed by atoms with Gasteiger partial charge in [0.05, 0.1) is 25.3 Å². The minimum atomic E-state index is -0.210. The second-order valence-corrected chi connectivity index (χ2v) is 5.85. The molecule has 0 aliphatic carbocycles. The first-order chi connectivity index (χ1) is 13.1. The Bertz CT molecular complexity index is 1020. The maximum Gasteiger partial charge on any atom is 0.277 e. The summed E-state index contributed by atoms with van der Waals surface area (Å²) in [6.07, 6.45) is 0.688. The average Bonchev–Trinajstić information content (AvgIpc) is 2.70. The van der Waals surface area contributed by atoms with Crippen molar-refractivity contribution >= 4 is 22.5 Å². The van der Waals surface area contributed by atoms with Crippen molar-refractivity contribution in [2.24, 2.45) is 0 Å². The van der Waals surface area contributed by atoms with Gasteiger partial charge in [0.25, 0.3) is 5.56 Å². The second-order valence-electron chi connectivity index (χ2n) is 5.85. The molecule has 2 aromatic carbocycles. The van der Waals surface area contributed by atoms with E-state index in [2.05, 4.69) is 15.6 Å². The first-order valence-electron chi connectivity index (χ1n) is 8.47. The topological polar surface area (TPSA) is 95.3 Å².